The molecule has 0 aromatic rings. The summed E-state index contributed by atoms with van der Waals surface area (Å²) in [4.78, 5) is 11.2. The number of carbonyl (C=O) groups is 1. The van der Waals surface area contributed by atoms with Crippen molar-refractivity contribution in [2.24, 2.45) is 5.92 Å². The Morgan fingerprint density at radius 1 is 1.27 bits per heavy atom. The Balaban J connectivity index is 3.17. The SMILES string of the molecule is CC(C)CNC(=O)CNCCCCCO. The van der Waals surface area contributed by atoms with Crippen molar-refractivity contribution in [1.29, 1.82) is 0 Å². The van der Waals surface area contributed by atoms with Gasteiger partial charge in [-0.15, -0.1) is 0 Å². The van der Waals surface area contributed by atoms with Gasteiger partial charge in [0.2, 0.25) is 5.91 Å². The van der Waals surface area contributed by atoms with Crippen LogP contribution in [0.4, 0.5) is 0 Å². The Morgan fingerprint density at radius 2 is 2.00 bits per heavy atom. The summed E-state index contributed by atoms with van der Waals surface area (Å²) in [6.07, 6.45) is 2.87. The molecule has 0 aromatic carbocycles. The summed E-state index contributed by atoms with van der Waals surface area (Å²) in [7, 11) is 0. The molecule has 0 aliphatic carbocycles. The molecule has 15 heavy (non-hydrogen) atoms. The van der Waals surface area contributed by atoms with Gasteiger partial charge in [-0.05, 0) is 31.7 Å². The number of rotatable bonds is 9. The van der Waals surface area contributed by atoms with Crippen molar-refractivity contribution in [3.63, 3.8) is 0 Å². The van der Waals surface area contributed by atoms with Crippen LogP contribution in [0.3, 0.4) is 0 Å². The van der Waals surface area contributed by atoms with Gasteiger partial charge in [0.1, 0.15) is 0 Å². The number of hydrogen-bond donors (Lipinski definition) is 3. The van der Waals surface area contributed by atoms with Crippen molar-refractivity contribution in [3.05, 3.63) is 0 Å². The van der Waals surface area contributed by atoms with Crippen molar-refractivity contribution in [2.75, 3.05) is 26.2 Å². The molecule has 0 unspecified atom stereocenters. The first-order valence-corrected chi connectivity index (χ1v) is 5.75. The van der Waals surface area contributed by atoms with Crippen LogP contribution in [0.25, 0.3) is 0 Å². The normalized spacial score (nSPS) is 10.7. The lowest BCUT2D eigenvalue weighted by Crippen LogP contribution is -2.36. The number of carbonyl (C=O) groups excluding carboxylic acids is 1. The van der Waals surface area contributed by atoms with Crippen LogP contribution in [0.1, 0.15) is 33.1 Å². The Kier molecular flexibility index (Phi) is 9.52. The fourth-order valence-corrected chi connectivity index (χ4v) is 1.12. The zero-order valence-corrected chi connectivity index (χ0v) is 9.88. The standard InChI is InChI=1S/C11H24N2O2/c1-10(2)8-13-11(15)9-12-6-4-3-5-7-14/h10,12,14H,3-9H2,1-2H3,(H,13,15). The summed E-state index contributed by atoms with van der Waals surface area (Å²) in [5.41, 5.74) is 0. The smallest absolute Gasteiger partial charge is 0.233 e. The van der Waals surface area contributed by atoms with Gasteiger partial charge in [0, 0.05) is 13.2 Å². The molecule has 4 heteroatoms. The summed E-state index contributed by atoms with van der Waals surface area (Å²) in [5, 5.41) is 14.5. The summed E-state index contributed by atoms with van der Waals surface area (Å²) in [6.45, 7) is 6.38. The zero-order chi connectivity index (χ0) is 11.5. The van der Waals surface area contributed by atoms with E-state index in [2.05, 4.69) is 24.5 Å². The largest absolute Gasteiger partial charge is 0.396 e. The monoisotopic (exact) mass is 216 g/mol. The molecule has 0 rings (SSSR count). The van der Waals surface area contributed by atoms with Gasteiger partial charge in [-0.1, -0.05) is 13.8 Å². The molecule has 0 radical (unpaired) electrons. The summed E-state index contributed by atoms with van der Waals surface area (Å²) in [6, 6.07) is 0. The van der Waals surface area contributed by atoms with Gasteiger partial charge >= 0.3 is 0 Å². The molecule has 0 aromatic heterocycles. The number of amides is 1. The molecular weight excluding hydrogens is 192 g/mol. The minimum atomic E-state index is 0.0610. The van der Waals surface area contributed by atoms with Gasteiger partial charge in [-0.2, -0.15) is 0 Å². The third-order valence-corrected chi connectivity index (χ3v) is 2.00. The van der Waals surface area contributed by atoms with Crippen molar-refractivity contribution in [3.8, 4) is 0 Å². The van der Waals surface area contributed by atoms with E-state index in [9.17, 15) is 4.79 Å². The van der Waals surface area contributed by atoms with Gasteiger partial charge in [0.25, 0.3) is 0 Å². The molecule has 3 N–H and O–H groups in total. The Bertz CT molecular complexity index is 161. The van der Waals surface area contributed by atoms with E-state index in [0.717, 1.165) is 32.4 Å². The van der Waals surface area contributed by atoms with E-state index >= 15 is 0 Å². The van der Waals surface area contributed by atoms with Gasteiger partial charge in [0.15, 0.2) is 0 Å². The molecule has 0 aliphatic heterocycles. The van der Waals surface area contributed by atoms with Crippen LogP contribution < -0.4 is 10.6 Å². The summed E-state index contributed by atoms with van der Waals surface area (Å²) < 4.78 is 0. The fraction of sp³-hybridized carbons (Fsp3) is 0.909. The molecule has 4 nitrogen and oxygen atoms in total. The van der Waals surface area contributed by atoms with Crippen molar-refractivity contribution < 1.29 is 9.90 Å². The number of aliphatic hydroxyl groups is 1. The third-order valence-electron chi connectivity index (χ3n) is 2.00. The second-order valence-corrected chi connectivity index (χ2v) is 4.16. The maximum Gasteiger partial charge on any atom is 0.233 e. The molecule has 1 amide bonds. The predicted molar refractivity (Wildman–Crippen MR) is 61.7 cm³/mol. The van der Waals surface area contributed by atoms with Gasteiger partial charge < -0.3 is 15.7 Å². The van der Waals surface area contributed by atoms with Crippen molar-refractivity contribution >= 4 is 5.91 Å². The zero-order valence-electron chi connectivity index (χ0n) is 9.88. The van der Waals surface area contributed by atoms with Gasteiger partial charge in [0.05, 0.1) is 6.54 Å². The summed E-state index contributed by atoms with van der Waals surface area (Å²) >= 11 is 0. The number of unbranched alkanes of at least 4 members (excludes halogenated alkanes) is 2. The average Bonchev–Trinajstić information content (AvgIpc) is 2.20. The Hall–Kier alpha value is -0.610. The minimum Gasteiger partial charge on any atom is -0.396 e. The van der Waals surface area contributed by atoms with E-state index in [1.807, 2.05) is 0 Å². The molecule has 0 saturated heterocycles. The quantitative estimate of drug-likeness (QED) is 0.492. The van der Waals surface area contributed by atoms with Crippen LogP contribution in [0, 0.1) is 5.92 Å². The van der Waals surface area contributed by atoms with Crippen LogP contribution in [0.2, 0.25) is 0 Å². The molecule has 90 valence electrons. The van der Waals surface area contributed by atoms with Crippen LogP contribution >= 0.6 is 0 Å². The van der Waals surface area contributed by atoms with E-state index in [-0.39, 0.29) is 12.5 Å². The fourth-order valence-electron chi connectivity index (χ4n) is 1.12. The molecule has 0 spiro atoms. The second-order valence-electron chi connectivity index (χ2n) is 4.16. The van der Waals surface area contributed by atoms with Gasteiger partial charge in [-0.25, -0.2) is 0 Å². The molecule has 0 saturated carbocycles. The van der Waals surface area contributed by atoms with E-state index in [1.54, 1.807) is 0 Å². The van der Waals surface area contributed by atoms with Crippen molar-refractivity contribution in [1.82, 2.24) is 10.6 Å². The second kappa shape index (κ2) is 9.93. The highest BCUT2D eigenvalue weighted by Gasteiger charge is 2.00. The third kappa shape index (κ3) is 11.3. The topological polar surface area (TPSA) is 61.4 Å². The van der Waals surface area contributed by atoms with Crippen LogP contribution in [0.5, 0.6) is 0 Å². The van der Waals surface area contributed by atoms with Crippen LogP contribution in [-0.2, 0) is 4.79 Å². The highest BCUT2D eigenvalue weighted by atomic mass is 16.2. The maximum absolute atomic E-state index is 11.2. The van der Waals surface area contributed by atoms with E-state index in [0.29, 0.717) is 12.5 Å². The number of aliphatic hydroxyl groups excluding tert-OH is 1. The lowest BCUT2D eigenvalue weighted by molar-refractivity contribution is -0.120. The molecule has 0 bridgehead atoms. The van der Waals surface area contributed by atoms with E-state index in [4.69, 9.17) is 5.11 Å². The molecular formula is C11H24N2O2. The molecule has 0 fully saturated rings. The molecule has 0 aliphatic rings. The Morgan fingerprint density at radius 3 is 2.60 bits per heavy atom. The first-order chi connectivity index (χ1) is 7.16. The highest BCUT2D eigenvalue weighted by Crippen LogP contribution is 1.91. The van der Waals surface area contributed by atoms with Crippen molar-refractivity contribution in [2.45, 2.75) is 33.1 Å². The van der Waals surface area contributed by atoms with E-state index in [1.165, 1.54) is 0 Å². The Labute approximate surface area is 92.4 Å². The maximum atomic E-state index is 11.2. The predicted octanol–water partition coefficient (Wildman–Crippen LogP) is 0.511. The number of hydrogen-bond acceptors (Lipinski definition) is 3. The van der Waals surface area contributed by atoms with Crippen LogP contribution in [0.15, 0.2) is 0 Å². The molecule has 0 atom stereocenters. The lowest BCUT2D eigenvalue weighted by atomic mass is 10.2. The minimum absolute atomic E-state index is 0.0610. The first-order valence-electron chi connectivity index (χ1n) is 5.75. The van der Waals surface area contributed by atoms with E-state index < -0.39 is 0 Å². The molecule has 0 heterocycles. The van der Waals surface area contributed by atoms with Crippen LogP contribution in [-0.4, -0.2) is 37.3 Å². The summed E-state index contributed by atoms with van der Waals surface area (Å²) in [5.74, 6) is 0.560. The van der Waals surface area contributed by atoms with Gasteiger partial charge in [-0.3, -0.25) is 4.79 Å². The first kappa shape index (κ1) is 14.4. The highest BCUT2D eigenvalue weighted by molar-refractivity contribution is 5.77. The number of nitrogens with one attached hydrogen (secondary N) is 2. The lowest BCUT2D eigenvalue weighted by Gasteiger charge is -2.08. The average molecular weight is 216 g/mol.